The van der Waals surface area contributed by atoms with E-state index in [1.807, 2.05) is 13.0 Å². The summed E-state index contributed by atoms with van der Waals surface area (Å²) in [4.78, 5) is 23.8. The van der Waals surface area contributed by atoms with E-state index in [-0.39, 0.29) is 34.6 Å². The molecular weight excluding hydrogens is 331 g/mol. The Balaban J connectivity index is 1.64. The second-order valence-electron chi connectivity index (χ2n) is 9.52. The SMILES string of the molecule is CCC(=O)O[C@H]1CC[C@H]2[C@@H]3CCC4=CC(=O)CC[C@]4(C)[C@H]3[C@@H](F)C[C@]12C. The molecule has 0 saturated heterocycles. The van der Waals surface area contributed by atoms with Crippen molar-refractivity contribution in [3.8, 4) is 0 Å². The summed E-state index contributed by atoms with van der Waals surface area (Å²) in [5.41, 5.74) is 0.775. The molecule has 144 valence electrons. The van der Waals surface area contributed by atoms with Crippen LogP contribution in [0.2, 0.25) is 0 Å². The molecule has 3 saturated carbocycles. The number of fused-ring (bicyclic) bond motifs is 5. The summed E-state index contributed by atoms with van der Waals surface area (Å²) in [6.07, 6.45) is 6.77. The van der Waals surface area contributed by atoms with Crippen LogP contribution in [0, 0.1) is 28.6 Å². The molecule has 7 atom stereocenters. The largest absolute Gasteiger partial charge is 0.462 e. The average molecular weight is 362 g/mol. The topological polar surface area (TPSA) is 43.4 Å². The Morgan fingerprint density at radius 1 is 1.27 bits per heavy atom. The van der Waals surface area contributed by atoms with Gasteiger partial charge in [-0.2, -0.15) is 0 Å². The quantitative estimate of drug-likeness (QED) is 0.664. The molecule has 3 nitrogen and oxygen atoms in total. The average Bonchev–Trinajstić information content (AvgIpc) is 2.91. The number of halogens is 1. The predicted octanol–water partition coefficient (Wildman–Crippen LogP) is 4.79. The van der Waals surface area contributed by atoms with Crippen LogP contribution in [0.1, 0.15) is 72.1 Å². The van der Waals surface area contributed by atoms with Gasteiger partial charge in [0.25, 0.3) is 0 Å². The lowest BCUT2D eigenvalue weighted by molar-refractivity contribution is -0.164. The number of esters is 1. The van der Waals surface area contributed by atoms with Crippen molar-refractivity contribution >= 4 is 11.8 Å². The molecule has 4 heteroatoms. The van der Waals surface area contributed by atoms with E-state index in [9.17, 15) is 9.59 Å². The summed E-state index contributed by atoms with van der Waals surface area (Å²) in [5, 5.41) is 0. The number of allylic oxidation sites excluding steroid dienone is 1. The first-order valence-electron chi connectivity index (χ1n) is 10.4. The van der Waals surface area contributed by atoms with Crippen molar-refractivity contribution in [2.24, 2.45) is 28.6 Å². The van der Waals surface area contributed by atoms with Crippen molar-refractivity contribution in [2.75, 3.05) is 0 Å². The fourth-order valence-corrected chi connectivity index (χ4v) is 7.00. The van der Waals surface area contributed by atoms with Crippen LogP contribution in [0.4, 0.5) is 4.39 Å². The number of rotatable bonds is 2. The number of hydrogen-bond acceptors (Lipinski definition) is 3. The van der Waals surface area contributed by atoms with Gasteiger partial charge in [-0.05, 0) is 61.9 Å². The minimum Gasteiger partial charge on any atom is -0.462 e. The first kappa shape index (κ1) is 18.2. The van der Waals surface area contributed by atoms with Gasteiger partial charge in [0.05, 0.1) is 0 Å². The summed E-state index contributed by atoms with van der Waals surface area (Å²) in [7, 11) is 0. The zero-order chi connectivity index (χ0) is 18.7. The van der Waals surface area contributed by atoms with Crippen LogP contribution in [-0.2, 0) is 14.3 Å². The Kier molecular flexibility index (Phi) is 4.32. The maximum absolute atomic E-state index is 15.7. The fourth-order valence-electron chi connectivity index (χ4n) is 7.00. The molecule has 26 heavy (non-hydrogen) atoms. The highest BCUT2D eigenvalue weighted by Crippen LogP contribution is 2.66. The van der Waals surface area contributed by atoms with Crippen LogP contribution in [0.5, 0.6) is 0 Å². The zero-order valence-corrected chi connectivity index (χ0v) is 16.2. The minimum atomic E-state index is -0.885. The van der Waals surface area contributed by atoms with Crippen molar-refractivity contribution in [1.29, 1.82) is 0 Å². The lowest BCUT2D eigenvalue weighted by atomic mass is 9.47. The van der Waals surface area contributed by atoms with Crippen LogP contribution in [-0.4, -0.2) is 24.0 Å². The molecule has 0 amide bonds. The smallest absolute Gasteiger partial charge is 0.305 e. The molecule has 0 aliphatic heterocycles. The Morgan fingerprint density at radius 3 is 2.77 bits per heavy atom. The molecule has 0 heterocycles. The Labute approximate surface area is 155 Å². The van der Waals surface area contributed by atoms with Gasteiger partial charge in [0.2, 0.25) is 0 Å². The van der Waals surface area contributed by atoms with E-state index in [1.165, 1.54) is 5.57 Å². The summed E-state index contributed by atoms with van der Waals surface area (Å²) < 4.78 is 21.4. The molecule has 4 aliphatic carbocycles. The molecular formula is C22H31FO3. The monoisotopic (exact) mass is 362 g/mol. The molecule has 0 spiro atoms. The first-order chi connectivity index (χ1) is 12.3. The third-order valence-corrected chi connectivity index (χ3v) is 8.33. The van der Waals surface area contributed by atoms with E-state index < -0.39 is 6.17 Å². The lowest BCUT2D eigenvalue weighted by Crippen LogP contribution is -2.56. The molecule has 4 aliphatic rings. The number of hydrogen-bond donors (Lipinski definition) is 0. The van der Waals surface area contributed by atoms with E-state index in [0.29, 0.717) is 31.1 Å². The molecule has 3 fully saturated rings. The van der Waals surface area contributed by atoms with Gasteiger partial charge in [-0.3, -0.25) is 9.59 Å². The zero-order valence-electron chi connectivity index (χ0n) is 16.2. The van der Waals surface area contributed by atoms with Crippen molar-refractivity contribution in [1.82, 2.24) is 0 Å². The summed E-state index contributed by atoms with van der Waals surface area (Å²) in [6.45, 7) is 6.16. The number of ether oxygens (including phenoxy) is 1. The van der Waals surface area contributed by atoms with Crippen molar-refractivity contribution in [3.05, 3.63) is 11.6 Å². The highest BCUT2D eigenvalue weighted by Gasteiger charge is 2.63. The molecule has 0 bridgehead atoms. The van der Waals surface area contributed by atoms with Crippen LogP contribution < -0.4 is 0 Å². The van der Waals surface area contributed by atoms with E-state index in [0.717, 1.165) is 32.1 Å². The molecule has 0 N–H and O–H groups in total. The normalized spacial score (nSPS) is 47.5. The van der Waals surface area contributed by atoms with Crippen LogP contribution in [0.15, 0.2) is 11.6 Å². The number of ketones is 1. The maximum atomic E-state index is 15.7. The fraction of sp³-hybridized carbons (Fsp3) is 0.818. The van der Waals surface area contributed by atoms with Crippen LogP contribution >= 0.6 is 0 Å². The third kappa shape index (κ3) is 2.51. The van der Waals surface area contributed by atoms with Gasteiger partial charge < -0.3 is 4.74 Å². The van der Waals surface area contributed by atoms with Crippen molar-refractivity contribution in [2.45, 2.75) is 84.4 Å². The number of alkyl halides is 1. The van der Waals surface area contributed by atoms with Gasteiger partial charge >= 0.3 is 5.97 Å². The Hall–Kier alpha value is -1.19. The molecule has 0 radical (unpaired) electrons. The van der Waals surface area contributed by atoms with Crippen molar-refractivity contribution in [3.63, 3.8) is 0 Å². The Morgan fingerprint density at radius 2 is 2.04 bits per heavy atom. The minimum absolute atomic E-state index is 0.00861. The van der Waals surface area contributed by atoms with Gasteiger partial charge in [0.1, 0.15) is 12.3 Å². The number of carbonyl (C=O) groups excluding carboxylic acids is 2. The lowest BCUT2D eigenvalue weighted by Gasteiger charge is -2.58. The van der Waals surface area contributed by atoms with Gasteiger partial charge in [-0.15, -0.1) is 0 Å². The molecule has 4 rings (SSSR count). The van der Waals surface area contributed by atoms with E-state index in [1.54, 1.807) is 0 Å². The molecule has 0 aromatic rings. The highest BCUT2D eigenvalue weighted by molar-refractivity contribution is 5.91. The summed E-state index contributed by atoms with van der Waals surface area (Å²) in [6, 6.07) is 0. The third-order valence-electron chi connectivity index (χ3n) is 8.33. The van der Waals surface area contributed by atoms with E-state index in [2.05, 4.69) is 13.8 Å². The van der Waals surface area contributed by atoms with Crippen molar-refractivity contribution < 1.29 is 18.7 Å². The van der Waals surface area contributed by atoms with E-state index >= 15 is 4.39 Å². The molecule has 0 aromatic heterocycles. The molecule has 0 unspecified atom stereocenters. The van der Waals surface area contributed by atoms with Crippen LogP contribution in [0.3, 0.4) is 0 Å². The Bertz CT molecular complexity index is 656. The second-order valence-corrected chi connectivity index (χ2v) is 9.52. The van der Waals surface area contributed by atoms with Gasteiger partial charge in [-0.25, -0.2) is 4.39 Å². The maximum Gasteiger partial charge on any atom is 0.305 e. The molecule has 0 aromatic carbocycles. The van der Waals surface area contributed by atoms with Crippen LogP contribution in [0.25, 0.3) is 0 Å². The first-order valence-corrected chi connectivity index (χ1v) is 10.4. The summed E-state index contributed by atoms with van der Waals surface area (Å²) in [5.74, 6) is 0.810. The van der Waals surface area contributed by atoms with Gasteiger partial charge in [0.15, 0.2) is 5.78 Å². The van der Waals surface area contributed by atoms with Gasteiger partial charge in [0, 0.05) is 24.2 Å². The standard InChI is InChI=1S/C22H31FO3/c1-4-19(25)26-18-8-7-16-15-6-5-13-11-14(24)9-10-21(13,2)20(15)17(23)12-22(16,18)3/h11,15-18,20H,4-10,12H2,1-3H3/t15-,16-,17-,18-,20+,21-,22-/m0/s1. The highest BCUT2D eigenvalue weighted by atomic mass is 19.1. The number of carbonyl (C=O) groups is 2. The van der Waals surface area contributed by atoms with Gasteiger partial charge in [-0.1, -0.05) is 26.3 Å². The second kappa shape index (κ2) is 6.17. The predicted molar refractivity (Wildman–Crippen MR) is 97.2 cm³/mol. The summed E-state index contributed by atoms with van der Waals surface area (Å²) >= 11 is 0. The van der Waals surface area contributed by atoms with E-state index in [4.69, 9.17) is 4.74 Å².